The molecule has 4 aromatic rings. The van der Waals surface area contributed by atoms with Gasteiger partial charge in [-0.25, -0.2) is 0 Å². The van der Waals surface area contributed by atoms with Gasteiger partial charge in [0.05, 0.1) is 5.56 Å². The Kier molecular flexibility index (Phi) is 7.03. The Morgan fingerprint density at radius 3 is 2.32 bits per heavy atom. The second-order valence-corrected chi connectivity index (χ2v) is 9.34. The van der Waals surface area contributed by atoms with E-state index < -0.39 is 11.7 Å². The number of nitrogens with zero attached hydrogens (tertiary/aromatic N) is 1. The minimum atomic E-state index is -4.33. The molecule has 0 atom stereocenters. The second kappa shape index (κ2) is 9.97. The van der Waals surface area contributed by atoms with Crippen LogP contribution in [0.15, 0.2) is 77.8 Å². The van der Waals surface area contributed by atoms with Crippen molar-refractivity contribution >= 4 is 28.6 Å². The number of carbonyl (C=O) groups is 1. The highest BCUT2D eigenvalue weighted by molar-refractivity contribution is 7.98. The van der Waals surface area contributed by atoms with Crippen molar-refractivity contribution in [1.29, 1.82) is 0 Å². The molecule has 3 aromatic carbocycles. The zero-order valence-corrected chi connectivity index (χ0v) is 19.8. The third-order valence-electron chi connectivity index (χ3n) is 5.55. The number of aryl methyl sites for hydroxylation is 2. The number of amides is 1. The van der Waals surface area contributed by atoms with Crippen LogP contribution >= 0.6 is 11.8 Å². The molecule has 1 N–H and O–H groups in total. The number of rotatable bonds is 7. The summed E-state index contributed by atoms with van der Waals surface area (Å²) in [6.45, 7) is 5.03. The third kappa shape index (κ3) is 5.65. The van der Waals surface area contributed by atoms with Crippen LogP contribution in [0, 0.1) is 13.8 Å². The van der Waals surface area contributed by atoms with E-state index in [2.05, 4.69) is 9.88 Å². The van der Waals surface area contributed by atoms with Gasteiger partial charge in [0.15, 0.2) is 0 Å². The molecular weight excluding hydrogens is 457 g/mol. The van der Waals surface area contributed by atoms with E-state index in [0.717, 1.165) is 44.6 Å². The van der Waals surface area contributed by atoms with Crippen LogP contribution in [0.1, 0.15) is 32.6 Å². The van der Waals surface area contributed by atoms with E-state index in [1.54, 1.807) is 11.8 Å². The van der Waals surface area contributed by atoms with E-state index in [9.17, 15) is 18.0 Å². The van der Waals surface area contributed by atoms with Crippen molar-refractivity contribution in [2.24, 2.45) is 0 Å². The van der Waals surface area contributed by atoms with Gasteiger partial charge in [-0.1, -0.05) is 47.5 Å². The SMILES string of the molecule is Cc1cc(C)cc(C(=O)NCCn2cc(SCc3ccc(C(F)(F)F)cc3)c3ccccc32)c1. The van der Waals surface area contributed by atoms with Crippen LogP contribution in [0.5, 0.6) is 0 Å². The van der Waals surface area contributed by atoms with Crippen LogP contribution < -0.4 is 5.32 Å². The van der Waals surface area contributed by atoms with Crippen molar-refractivity contribution in [3.05, 3.63) is 101 Å². The first kappa shape index (κ1) is 24.0. The van der Waals surface area contributed by atoms with Crippen molar-refractivity contribution in [3.63, 3.8) is 0 Å². The highest BCUT2D eigenvalue weighted by atomic mass is 32.2. The number of hydrogen-bond acceptors (Lipinski definition) is 2. The van der Waals surface area contributed by atoms with Gasteiger partial charge in [0.1, 0.15) is 0 Å². The van der Waals surface area contributed by atoms with Crippen molar-refractivity contribution in [1.82, 2.24) is 9.88 Å². The molecule has 1 heterocycles. The van der Waals surface area contributed by atoms with Crippen molar-refractivity contribution in [2.45, 2.75) is 37.2 Å². The van der Waals surface area contributed by atoms with E-state index in [4.69, 9.17) is 0 Å². The normalized spacial score (nSPS) is 11.7. The van der Waals surface area contributed by atoms with Gasteiger partial charge in [-0.15, -0.1) is 11.8 Å². The summed E-state index contributed by atoms with van der Waals surface area (Å²) in [4.78, 5) is 13.6. The topological polar surface area (TPSA) is 34.0 Å². The predicted octanol–water partition coefficient (Wildman–Crippen LogP) is 7.00. The van der Waals surface area contributed by atoms with Crippen molar-refractivity contribution in [3.8, 4) is 0 Å². The van der Waals surface area contributed by atoms with Crippen LogP contribution in [0.4, 0.5) is 13.2 Å². The van der Waals surface area contributed by atoms with Crippen LogP contribution in [-0.4, -0.2) is 17.0 Å². The van der Waals surface area contributed by atoms with Crippen molar-refractivity contribution < 1.29 is 18.0 Å². The van der Waals surface area contributed by atoms with Gasteiger partial charge in [-0.3, -0.25) is 4.79 Å². The molecule has 34 heavy (non-hydrogen) atoms. The van der Waals surface area contributed by atoms with E-state index in [0.29, 0.717) is 24.4 Å². The first-order chi connectivity index (χ1) is 16.2. The summed E-state index contributed by atoms with van der Waals surface area (Å²) in [5, 5.41) is 4.08. The summed E-state index contributed by atoms with van der Waals surface area (Å²) in [5.74, 6) is 0.468. The van der Waals surface area contributed by atoms with Gasteiger partial charge in [-0.2, -0.15) is 13.2 Å². The molecule has 1 aromatic heterocycles. The number of alkyl halides is 3. The molecule has 176 valence electrons. The van der Waals surface area contributed by atoms with Gasteiger partial charge in [0.25, 0.3) is 5.91 Å². The molecule has 0 aliphatic heterocycles. The molecule has 0 saturated heterocycles. The molecule has 3 nitrogen and oxygen atoms in total. The zero-order valence-electron chi connectivity index (χ0n) is 18.9. The molecule has 0 unspecified atom stereocenters. The highest BCUT2D eigenvalue weighted by Crippen LogP contribution is 2.33. The van der Waals surface area contributed by atoms with E-state index in [1.165, 1.54) is 12.1 Å². The minimum Gasteiger partial charge on any atom is -0.350 e. The molecule has 0 fully saturated rings. The molecule has 7 heteroatoms. The lowest BCUT2D eigenvalue weighted by Crippen LogP contribution is -2.27. The van der Waals surface area contributed by atoms with Gasteiger partial charge < -0.3 is 9.88 Å². The Morgan fingerprint density at radius 1 is 0.971 bits per heavy atom. The number of carbonyl (C=O) groups excluding carboxylic acids is 1. The summed E-state index contributed by atoms with van der Waals surface area (Å²) in [7, 11) is 0. The van der Waals surface area contributed by atoms with Gasteiger partial charge in [0, 0.05) is 46.4 Å². The van der Waals surface area contributed by atoms with Crippen LogP contribution in [-0.2, 0) is 18.5 Å². The molecule has 0 spiro atoms. The molecule has 0 aliphatic carbocycles. The Labute approximate surface area is 201 Å². The number of thioether (sulfide) groups is 1. The average Bonchev–Trinajstić information content (AvgIpc) is 3.14. The van der Waals surface area contributed by atoms with E-state index in [1.807, 2.05) is 62.5 Å². The summed E-state index contributed by atoms with van der Waals surface area (Å²) < 4.78 is 40.5. The molecule has 0 saturated carbocycles. The standard InChI is InChI=1S/C27H25F3N2OS/c1-18-13-19(2)15-21(14-18)26(33)31-11-12-32-16-25(23-5-3-4-6-24(23)32)34-17-20-7-9-22(10-8-20)27(28,29)30/h3-10,13-16H,11-12,17H2,1-2H3,(H,31,33). The van der Waals surface area contributed by atoms with E-state index >= 15 is 0 Å². The van der Waals surface area contributed by atoms with Gasteiger partial charge in [0.2, 0.25) is 0 Å². The fraction of sp³-hybridized carbons (Fsp3) is 0.222. The maximum atomic E-state index is 12.8. The predicted molar refractivity (Wildman–Crippen MR) is 131 cm³/mol. The first-order valence-corrected chi connectivity index (χ1v) is 11.9. The molecule has 0 radical (unpaired) electrons. The lowest BCUT2D eigenvalue weighted by Gasteiger charge is -2.09. The zero-order chi connectivity index (χ0) is 24.3. The smallest absolute Gasteiger partial charge is 0.350 e. The Bertz CT molecular complexity index is 1290. The summed E-state index contributed by atoms with van der Waals surface area (Å²) in [5.41, 5.74) is 4.00. The molecule has 1 amide bonds. The maximum Gasteiger partial charge on any atom is 0.416 e. The van der Waals surface area contributed by atoms with E-state index in [-0.39, 0.29) is 5.91 Å². The van der Waals surface area contributed by atoms with Crippen LogP contribution in [0.3, 0.4) is 0 Å². The highest BCUT2D eigenvalue weighted by Gasteiger charge is 2.29. The molecule has 4 rings (SSSR count). The van der Waals surface area contributed by atoms with Crippen LogP contribution in [0.2, 0.25) is 0 Å². The summed E-state index contributed by atoms with van der Waals surface area (Å²) in [6, 6.07) is 19.1. The van der Waals surface area contributed by atoms with Crippen molar-refractivity contribution in [2.75, 3.05) is 6.54 Å². The number of halogens is 3. The Morgan fingerprint density at radius 2 is 1.65 bits per heavy atom. The second-order valence-electron chi connectivity index (χ2n) is 8.32. The number of benzene rings is 3. The Balaban J connectivity index is 1.43. The summed E-state index contributed by atoms with van der Waals surface area (Å²) >= 11 is 1.59. The number of hydrogen-bond donors (Lipinski definition) is 1. The average molecular weight is 483 g/mol. The maximum absolute atomic E-state index is 12.8. The number of aromatic nitrogens is 1. The van der Waals surface area contributed by atoms with Crippen LogP contribution in [0.25, 0.3) is 10.9 Å². The van der Waals surface area contributed by atoms with Gasteiger partial charge in [-0.05, 0) is 49.7 Å². The quantitative estimate of drug-likeness (QED) is 0.288. The number of fused-ring (bicyclic) bond motifs is 1. The first-order valence-electron chi connectivity index (χ1n) is 10.9. The monoisotopic (exact) mass is 482 g/mol. The number of nitrogens with one attached hydrogen (secondary N) is 1. The minimum absolute atomic E-state index is 0.0971. The fourth-order valence-electron chi connectivity index (χ4n) is 3.96. The third-order valence-corrected chi connectivity index (χ3v) is 6.66. The summed E-state index contributed by atoms with van der Waals surface area (Å²) in [6.07, 6.45) is -2.28. The largest absolute Gasteiger partial charge is 0.416 e. The lowest BCUT2D eigenvalue weighted by molar-refractivity contribution is -0.137. The lowest BCUT2D eigenvalue weighted by atomic mass is 10.1. The van der Waals surface area contributed by atoms with Gasteiger partial charge >= 0.3 is 6.18 Å². The fourth-order valence-corrected chi connectivity index (χ4v) is 5.01. The Hall–Kier alpha value is -3.19. The molecule has 0 bridgehead atoms. The molecular formula is C27H25F3N2OS. The molecule has 0 aliphatic rings. The number of para-hydroxylation sites is 1.